The second kappa shape index (κ2) is 7.91. The van der Waals surface area contributed by atoms with Crippen molar-refractivity contribution in [3.05, 3.63) is 46.7 Å². The van der Waals surface area contributed by atoms with Crippen molar-refractivity contribution in [3.63, 3.8) is 0 Å². The molecule has 0 aromatic heterocycles. The SMILES string of the molecule is COC(=O)c1ccc(C2C3=C(OC4CCC(Br)CC4C3=O)C(=O)N2CCO)cc1. The van der Waals surface area contributed by atoms with Crippen molar-refractivity contribution in [2.45, 2.75) is 36.2 Å². The maximum Gasteiger partial charge on any atom is 0.337 e. The molecule has 0 radical (unpaired) electrons. The molecule has 0 saturated heterocycles. The molecule has 0 bridgehead atoms. The van der Waals surface area contributed by atoms with Gasteiger partial charge in [-0.25, -0.2) is 4.79 Å². The molecule has 2 aliphatic heterocycles. The molecule has 8 heteroatoms. The molecule has 1 fully saturated rings. The molecule has 4 unspecified atom stereocenters. The summed E-state index contributed by atoms with van der Waals surface area (Å²) >= 11 is 3.61. The van der Waals surface area contributed by atoms with E-state index in [1.54, 1.807) is 24.3 Å². The number of nitrogens with zero attached hydrogens (tertiary/aromatic N) is 1. The number of carbonyl (C=O) groups excluding carboxylic acids is 3. The van der Waals surface area contributed by atoms with Gasteiger partial charge in [0.2, 0.25) is 0 Å². The fraction of sp³-hybridized carbons (Fsp3) is 0.476. The van der Waals surface area contributed by atoms with Crippen LogP contribution >= 0.6 is 15.9 Å². The van der Waals surface area contributed by atoms with Crippen LogP contribution in [0.1, 0.15) is 41.2 Å². The highest BCUT2D eigenvalue weighted by Gasteiger charge is 2.52. The van der Waals surface area contributed by atoms with Crippen molar-refractivity contribution in [2.75, 3.05) is 20.3 Å². The van der Waals surface area contributed by atoms with Crippen molar-refractivity contribution in [2.24, 2.45) is 5.92 Å². The highest BCUT2D eigenvalue weighted by Crippen LogP contribution is 2.47. The molecule has 1 aromatic rings. The number of rotatable bonds is 4. The summed E-state index contributed by atoms with van der Waals surface area (Å²) in [4.78, 5) is 39.9. The molecule has 2 heterocycles. The van der Waals surface area contributed by atoms with Crippen LogP contribution in [0, 0.1) is 5.92 Å². The zero-order valence-corrected chi connectivity index (χ0v) is 17.6. The number of halogens is 1. The lowest BCUT2D eigenvalue weighted by molar-refractivity contribution is -0.135. The van der Waals surface area contributed by atoms with Crippen LogP contribution in [0.4, 0.5) is 0 Å². The lowest BCUT2D eigenvalue weighted by Crippen LogP contribution is -2.41. The lowest BCUT2D eigenvalue weighted by atomic mass is 9.77. The fourth-order valence-electron chi connectivity index (χ4n) is 4.47. The highest BCUT2D eigenvalue weighted by atomic mass is 79.9. The molecule has 7 nitrogen and oxygen atoms in total. The summed E-state index contributed by atoms with van der Waals surface area (Å²) in [7, 11) is 1.31. The van der Waals surface area contributed by atoms with Crippen molar-refractivity contribution >= 4 is 33.6 Å². The number of methoxy groups -OCH3 is 1. The Morgan fingerprint density at radius 2 is 2.00 bits per heavy atom. The number of hydrogen-bond donors (Lipinski definition) is 1. The van der Waals surface area contributed by atoms with Crippen LogP contribution in [0.5, 0.6) is 0 Å². The third-order valence-electron chi connectivity index (χ3n) is 5.87. The van der Waals surface area contributed by atoms with Gasteiger partial charge in [0.15, 0.2) is 11.5 Å². The average Bonchev–Trinajstić information content (AvgIpc) is 3.01. The largest absolute Gasteiger partial charge is 0.483 e. The maximum atomic E-state index is 13.4. The van der Waals surface area contributed by atoms with Gasteiger partial charge >= 0.3 is 5.97 Å². The van der Waals surface area contributed by atoms with Crippen LogP contribution in [0.3, 0.4) is 0 Å². The third kappa shape index (κ3) is 3.38. The average molecular weight is 464 g/mol. The minimum absolute atomic E-state index is 0.0590. The molecule has 1 saturated carbocycles. The van der Waals surface area contributed by atoms with Crippen molar-refractivity contribution in [1.29, 1.82) is 0 Å². The standard InChI is InChI=1S/C21H22BrNO6/c1-28-21(27)12-4-2-11(3-5-12)17-16-18(25)14-10-13(22)6-7-15(14)29-19(16)20(26)23(17)8-9-24/h2-5,13-15,17,24H,6-10H2,1H3. The first-order valence-corrected chi connectivity index (χ1v) is 10.6. The number of alkyl halides is 1. The molecule has 0 spiro atoms. The summed E-state index contributed by atoms with van der Waals surface area (Å²) < 4.78 is 10.8. The normalized spacial score (nSPS) is 28.7. The molecule has 1 N–H and O–H groups in total. The highest BCUT2D eigenvalue weighted by molar-refractivity contribution is 9.09. The van der Waals surface area contributed by atoms with E-state index in [4.69, 9.17) is 9.47 Å². The first kappa shape index (κ1) is 20.1. The van der Waals surface area contributed by atoms with Crippen LogP contribution < -0.4 is 0 Å². The number of amides is 1. The van der Waals surface area contributed by atoms with Crippen LogP contribution in [-0.2, 0) is 19.1 Å². The van der Waals surface area contributed by atoms with E-state index in [-0.39, 0.29) is 47.5 Å². The Balaban J connectivity index is 1.74. The fourth-order valence-corrected chi connectivity index (χ4v) is 5.13. The summed E-state index contributed by atoms with van der Waals surface area (Å²) in [6.45, 7) is -0.143. The van der Waals surface area contributed by atoms with Gasteiger partial charge in [-0.2, -0.15) is 0 Å². The quantitative estimate of drug-likeness (QED) is 0.542. The molecular formula is C21H22BrNO6. The van der Waals surface area contributed by atoms with E-state index < -0.39 is 12.0 Å². The van der Waals surface area contributed by atoms with E-state index >= 15 is 0 Å². The van der Waals surface area contributed by atoms with Crippen LogP contribution in [0.25, 0.3) is 0 Å². The van der Waals surface area contributed by atoms with Gasteiger partial charge in [0, 0.05) is 11.4 Å². The van der Waals surface area contributed by atoms with E-state index in [2.05, 4.69) is 15.9 Å². The summed E-state index contributed by atoms with van der Waals surface area (Å²) in [6.07, 6.45) is 2.00. The molecule has 1 aromatic carbocycles. The Labute approximate surface area is 176 Å². The predicted octanol–water partition coefficient (Wildman–Crippen LogP) is 2.13. The Kier molecular flexibility index (Phi) is 5.48. The minimum Gasteiger partial charge on any atom is -0.483 e. The second-order valence-electron chi connectivity index (χ2n) is 7.52. The summed E-state index contributed by atoms with van der Waals surface area (Å²) in [5.41, 5.74) is 1.42. The number of aliphatic hydroxyl groups is 1. The van der Waals surface area contributed by atoms with Crippen LogP contribution in [0.2, 0.25) is 0 Å². The lowest BCUT2D eigenvalue weighted by Gasteiger charge is -2.37. The summed E-state index contributed by atoms with van der Waals surface area (Å²) in [5, 5.41) is 9.49. The Morgan fingerprint density at radius 3 is 2.66 bits per heavy atom. The number of carbonyl (C=O) groups is 3. The number of ketones is 1. The molecule has 1 aliphatic carbocycles. The van der Waals surface area contributed by atoms with Gasteiger partial charge < -0.3 is 19.5 Å². The number of β-amino-alcohol motifs (C(OH)–C–C–N with tert-alkyl or cyclic N) is 1. The maximum absolute atomic E-state index is 13.4. The van der Waals surface area contributed by atoms with E-state index in [9.17, 15) is 19.5 Å². The topological polar surface area (TPSA) is 93.1 Å². The summed E-state index contributed by atoms with van der Waals surface area (Å²) in [6, 6.07) is 5.98. The molecule has 29 heavy (non-hydrogen) atoms. The van der Waals surface area contributed by atoms with E-state index in [0.717, 1.165) is 12.8 Å². The number of hydrogen-bond acceptors (Lipinski definition) is 6. The summed E-state index contributed by atoms with van der Waals surface area (Å²) in [5.74, 6) is -1.07. The number of aliphatic hydroxyl groups excluding tert-OH is 1. The Bertz CT molecular complexity index is 880. The number of Topliss-reactive ketones (excluding diaryl/α,β-unsaturated/α-hetero) is 1. The second-order valence-corrected chi connectivity index (χ2v) is 8.81. The third-order valence-corrected chi connectivity index (χ3v) is 6.70. The molecular weight excluding hydrogens is 442 g/mol. The zero-order chi connectivity index (χ0) is 20.7. The smallest absolute Gasteiger partial charge is 0.337 e. The number of esters is 1. The van der Waals surface area contributed by atoms with Crippen molar-refractivity contribution in [3.8, 4) is 0 Å². The van der Waals surface area contributed by atoms with Crippen molar-refractivity contribution < 1.29 is 29.0 Å². The van der Waals surface area contributed by atoms with E-state index in [1.807, 2.05) is 0 Å². The number of fused-ring (bicyclic) bond motifs is 1. The van der Waals surface area contributed by atoms with E-state index in [1.165, 1.54) is 12.0 Å². The first-order valence-electron chi connectivity index (χ1n) is 9.65. The first-order chi connectivity index (χ1) is 14.0. The molecule has 1 amide bonds. The molecule has 154 valence electrons. The van der Waals surface area contributed by atoms with Gasteiger partial charge in [-0.05, 0) is 37.0 Å². The van der Waals surface area contributed by atoms with Gasteiger partial charge in [0.1, 0.15) is 6.10 Å². The molecule has 4 rings (SSSR count). The Hall–Kier alpha value is -2.19. The van der Waals surface area contributed by atoms with Gasteiger partial charge in [0.05, 0.1) is 36.8 Å². The van der Waals surface area contributed by atoms with Gasteiger partial charge in [-0.1, -0.05) is 28.1 Å². The zero-order valence-electron chi connectivity index (χ0n) is 16.0. The number of benzene rings is 1. The number of ether oxygens (including phenoxy) is 2. The molecule has 4 atom stereocenters. The Morgan fingerprint density at radius 1 is 1.28 bits per heavy atom. The molecule has 3 aliphatic rings. The van der Waals surface area contributed by atoms with E-state index in [0.29, 0.717) is 23.1 Å². The predicted molar refractivity (Wildman–Crippen MR) is 106 cm³/mol. The van der Waals surface area contributed by atoms with Crippen LogP contribution in [-0.4, -0.2) is 58.9 Å². The minimum atomic E-state index is -0.638. The van der Waals surface area contributed by atoms with Gasteiger partial charge in [-0.3, -0.25) is 9.59 Å². The van der Waals surface area contributed by atoms with Gasteiger partial charge in [-0.15, -0.1) is 0 Å². The van der Waals surface area contributed by atoms with Gasteiger partial charge in [0.25, 0.3) is 5.91 Å². The van der Waals surface area contributed by atoms with Crippen LogP contribution in [0.15, 0.2) is 35.6 Å². The van der Waals surface area contributed by atoms with Crippen molar-refractivity contribution in [1.82, 2.24) is 4.90 Å². The monoisotopic (exact) mass is 463 g/mol.